The third kappa shape index (κ3) is 1.95. The largest absolute Gasteiger partial charge is 0.324 e. The van der Waals surface area contributed by atoms with Crippen molar-refractivity contribution < 1.29 is 4.79 Å². The predicted octanol–water partition coefficient (Wildman–Crippen LogP) is 3.54. The van der Waals surface area contributed by atoms with E-state index in [9.17, 15) is 4.79 Å². The first-order valence-electron chi connectivity index (χ1n) is 7.86. The molecule has 1 aromatic heterocycles. The van der Waals surface area contributed by atoms with Crippen LogP contribution in [0, 0.1) is 30.1 Å². The van der Waals surface area contributed by atoms with Crippen LogP contribution < -0.4 is 5.32 Å². The number of nitrogens with zero attached hydrogens (tertiary/aromatic N) is 1. The molecule has 0 saturated heterocycles. The summed E-state index contributed by atoms with van der Waals surface area (Å²) in [6, 6.07) is 2.01. The molecule has 1 aromatic rings. The molecule has 0 aromatic carbocycles. The van der Waals surface area contributed by atoms with Gasteiger partial charge in [0.05, 0.1) is 17.3 Å². The van der Waals surface area contributed by atoms with Crippen LogP contribution in [-0.2, 0) is 4.79 Å². The molecule has 106 valence electrons. The van der Waals surface area contributed by atoms with Gasteiger partial charge in [-0.15, -0.1) is 0 Å². The fourth-order valence-corrected chi connectivity index (χ4v) is 5.28. The number of nitrogens with one attached hydrogen (secondary N) is 1. The highest BCUT2D eigenvalue weighted by molar-refractivity contribution is 5.95. The van der Waals surface area contributed by atoms with Crippen molar-refractivity contribution in [1.82, 2.24) is 4.98 Å². The van der Waals surface area contributed by atoms with Gasteiger partial charge in [-0.25, -0.2) is 0 Å². The van der Waals surface area contributed by atoms with E-state index >= 15 is 0 Å². The second-order valence-corrected chi connectivity index (χ2v) is 7.40. The number of aryl methyl sites for hydroxylation is 1. The summed E-state index contributed by atoms with van der Waals surface area (Å²) in [5.74, 6) is 2.68. The number of hydrogen-bond acceptors (Lipinski definition) is 2. The van der Waals surface area contributed by atoms with Gasteiger partial charge < -0.3 is 5.32 Å². The van der Waals surface area contributed by atoms with Crippen LogP contribution in [-0.4, -0.2) is 10.9 Å². The van der Waals surface area contributed by atoms with E-state index < -0.39 is 0 Å². The zero-order chi connectivity index (χ0) is 13.7. The number of hydrogen-bond donors (Lipinski definition) is 1. The molecular weight excluding hydrogens is 248 g/mol. The SMILES string of the molecule is Cc1cncc(NC(=O)C23CC4CC(CC(C4)C2)C3)c1. The molecule has 1 amide bonds. The number of amides is 1. The van der Waals surface area contributed by atoms with Crippen molar-refractivity contribution in [1.29, 1.82) is 0 Å². The van der Waals surface area contributed by atoms with E-state index in [0.717, 1.165) is 48.3 Å². The molecule has 20 heavy (non-hydrogen) atoms. The Morgan fingerprint density at radius 2 is 1.75 bits per heavy atom. The maximum absolute atomic E-state index is 12.8. The Hall–Kier alpha value is -1.38. The first-order chi connectivity index (χ1) is 9.63. The van der Waals surface area contributed by atoms with Crippen LogP contribution in [0.4, 0.5) is 5.69 Å². The summed E-state index contributed by atoms with van der Waals surface area (Å²) in [5.41, 5.74) is 1.87. The molecule has 5 rings (SSSR count). The molecule has 0 radical (unpaired) electrons. The molecule has 1 N–H and O–H groups in total. The lowest BCUT2D eigenvalue weighted by Crippen LogP contribution is -2.51. The molecule has 4 aliphatic rings. The van der Waals surface area contributed by atoms with Crippen LogP contribution in [0.1, 0.15) is 44.1 Å². The first kappa shape index (κ1) is 12.4. The van der Waals surface area contributed by atoms with E-state index in [1.165, 1.54) is 19.3 Å². The summed E-state index contributed by atoms with van der Waals surface area (Å²) in [6.07, 6.45) is 11.0. The van der Waals surface area contributed by atoms with Gasteiger partial charge in [-0.1, -0.05) is 0 Å². The maximum Gasteiger partial charge on any atom is 0.230 e. The van der Waals surface area contributed by atoms with Crippen molar-refractivity contribution in [2.75, 3.05) is 5.32 Å². The third-order valence-corrected chi connectivity index (χ3v) is 5.65. The van der Waals surface area contributed by atoms with Crippen molar-refractivity contribution >= 4 is 11.6 Å². The zero-order valence-corrected chi connectivity index (χ0v) is 12.1. The van der Waals surface area contributed by atoms with Gasteiger partial charge in [-0.2, -0.15) is 0 Å². The summed E-state index contributed by atoms with van der Waals surface area (Å²) in [4.78, 5) is 17.0. The molecule has 4 saturated carbocycles. The van der Waals surface area contributed by atoms with Crippen molar-refractivity contribution in [3.63, 3.8) is 0 Å². The maximum atomic E-state index is 12.8. The lowest BCUT2D eigenvalue weighted by Gasteiger charge is -2.55. The summed E-state index contributed by atoms with van der Waals surface area (Å²) < 4.78 is 0. The molecule has 3 heteroatoms. The lowest BCUT2D eigenvalue weighted by atomic mass is 9.49. The molecule has 0 atom stereocenters. The molecule has 4 bridgehead atoms. The van der Waals surface area contributed by atoms with E-state index in [4.69, 9.17) is 0 Å². The summed E-state index contributed by atoms with van der Waals surface area (Å²) >= 11 is 0. The van der Waals surface area contributed by atoms with Crippen LogP contribution in [0.3, 0.4) is 0 Å². The predicted molar refractivity (Wildman–Crippen MR) is 78.2 cm³/mol. The van der Waals surface area contributed by atoms with E-state index in [1.807, 2.05) is 19.2 Å². The van der Waals surface area contributed by atoms with Crippen molar-refractivity contribution in [3.05, 3.63) is 24.0 Å². The second-order valence-electron chi connectivity index (χ2n) is 7.40. The molecule has 0 unspecified atom stereocenters. The minimum Gasteiger partial charge on any atom is -0.324 e. The number of pyridine rings is 1. The van der Waals surface area contributed by atoms with Gasteiger partial charge in [-0.05, 0) is 74.8 Å². The Bertz CT molecular complexity index is 516. The van der Waals surface area contributed by atoms with E-state index in [1.54, 1.807) is 6.20 Å². The Balaban J connectivity index is 1.56. The van der Waals surface area contributed by atoms with E-state index in [-0.39, 0.29) is 11.3 Å². The van der Waals surface area contributed by atoms with Crippen LogP contribution in [0.15, 0.2) is 18.5 Å². The molecule has 0 aliphatic heterocycles. The average Bonchev–Trinajstić information content (AvgIpc) is 2.37. The quantitative estimate of drug-likeness (QED) is 0.893. The van der Waals surface area contributed by atoms with Crippen molar-refractivity contribution in [2.45, 2.75) is 45.4 Å². The minimum atomic E-state index is -0.0709. The minimum absolute atomic E-state index is 0.0709. The molecule has 4 aliphatic carbocycles. The van der Waals surface area contributed by atoms with E-state index in [0.29, 0.717) is 0 Å². The van der Waals surface area contributed by atoms with Gasteiger partial charge >= 0.3 is 0 Å². The summed E-state index contributed by atoms with van der Waals surface area (Å²) in [5, 5.41) is 3.14. The van der Waals surface area contributed by atoms with Crippen LogP contribution in [0.5, 0.6) is 0 Å². The zero-order valence-electron chi connectivity index (χ0n) is 12.1. The highest BCUT2D eigenvalue weighted by Crippen LogP contribution is 2.60. The second kappa shape index (κ2) is 4.31. The normalized spacial score (nSPS) is 38.0. The molecule has 3 nitrogen and oxygen atoms in total. The third-order valence-electron chi connectivity index (χ3n) is 5.65. The standard InChI is InChI=1S/C17H22N2O/c1-11-2-15(10-18-9-11)19-16(20)17-6-12-3-13(7-17)5-14(4-12)8-17/h2,9-10,12-14H,3-8H2,1H3,(H,19,20). The van der Waals surface area contributed by atoms with Gasteiger partial charge in [0.2, 0.25) is 5.91 Å². The first-order valence-corrected chi connectivity index (χ1v) is 7.86. The number of aromatic nitrogens is 1. The fourth-order valence-electron chi connectivity index (χ4n) is 5.28. The monoisotopic (exact) mass is 270 g/mol. The Labute approximate surface area is 120 Å². The number of carbonyl (C=O) groups excluding carboxylic acids is 1. The average molecular weight is 270 g/mol. The Morgan fingerprint density at radius 1 is 1.15 bits per heavy atom. The van der Waals surface area contributed by atoms with Crippen molar-refractivity contribution in [3.8, 4) is 0 Å². The van der Waals surface area contributed by atoms with Crippen LogP contribution in [0.2, 0.25) is 0 Å². The molecule has 4 fully saturated rings. The number of rotatable bonds is 2. The Kier molecular flexibility index (Phi) is 2.66. The van der Waals surface area contributed by atoms with Crippen LogP contribution >= 0.6 is 0 Å². The summed E-state index contributed by atoms with van der Waals surface area (Å²) in [7, 11) is 0. The number of anilines is 1. The number of carbonyl (C=O) groups is 1. The topological polar surface area (TPSA) is 42.0 Å². The van der Waals surface area contributed by atoms with Gasteiger partial charge in [0.1, 0.15) is 0 Å². The molecule has 0 spiro atoms. The van der Waals surface area contributed by atoms with Crippen molar-refractivity contribution in [2.24, 2.45) is 23.2 Å². The smallest absolute Gasteiger partial charge is 0.230 e. The molecule has 1 heterocycles. The molecular formula is C17H22N2O. The van der Waals surface area contributed by atoms with Gasteiger partial charge in [0.25, 0.3) is 0 Å². The van der Waals surface area contributed by atoms with Gasteiger partial charge in [-0.3, -0.25) is 9.78 Å². The highest BCUT2D eigenvalue weighted by Gasteiger charge is 2.54. The highest BCUT2D eigenvalue weighted by atomic mass is 16.2. The lowest BCUT2D eigenvalue weighted by molar-refractivity contribution is -0.140. The Morgan fingerprint density at radius 3 is 2.30 bits per heavy atom. The van der Waals surface area contributed by atoms with Crippen LogP contribution in [0.25, 0.3) is 0 Å². The van der Waals surface area contributed by atoms with Gasteiger partial charge in [0, 0.05) is 6.20 Å². The summed E-state index contributed by atoms with van der Waals surface area (Å²) in [6.45, 7) is 2.01. The van der Waals surface area contributed by atoms with E-state index in [2.05, 4.69) is 10.3 Å². The fraction of sp³-hybridized carbons (Fsp3) is 0.647. The van der Waals surface area contributed by atoms with Gasteiger partial charge in [0.15, 0.2) is 0 Å².